The van der Waals surface area contributed by atoms with Crippen molar-refractivity contribution in [3.8, 4) is 28.6 Å². The van der Waals surface area contributed by atoms with Crippen LogP contribution in [-0.4, -0.2) is 118 Å². The highest BCUT2D eigenvalue weighted by Gasteiger charge is 2.51. The number of phenolic OH excluding ortho intramolecular Hbond substituents is 3. The largest absolute Gasteiger partial charge is 0.508 e. The molecule has 6 heterocycles. The van der Waals surface area contributed by atoms with Crippen LogP contribution in [0.15, 0.2) is 65.5 Å². The number of nitrogens with zero attached hydrogens (tertiary/aromatic N) is 6. The Hall–Kier alpha value is -7.31. The minimum atomic E-state index is -1.68. The SMILES string of the molecule is CC(C)c1cc(C(=N)N(C(N)=O)c2ccc(N3CCN(CC=O)CC3)cc2)c(O)cc1O.CCc1c2c(nc3ccc(O)cc13)-c1cc3c(c(=O)n1C2)COC(=O)C3(CC)OC(=O)C1CCN(C)CC1. The molecule has 0 saturated carbocycles. The summed E-state index contributed by atoms with van der Waals surface area (Å²) in [5.41, 5.74) is 10.3. The third-order valence-electron chi connectivity index (χ3n) is 14.1. The molecule has 2 amide bonds. The topological polar surface area (TPSA) is 245 Å². The van der Waals surface area contributed by atoms with Crippen molar-refractivity contribution in [3.05, 3.63) is 104 Å². The van der Waals surface area contributed by atoms with Crippen LogP contribution >= 0.6 is 0 Å². The molecule has 0 aliphatic carbocycles. The molecular formula is C52H60N8O10. The van der Waals surface area contributed by atoms with Gasteiger partial charge in [0.15, 0.2) is 0 Å². The lowest BCUT2D eigenvalue weighted by molar-refractivity contribution is -0.192. The van der Waals surface area contributed by atoms with E-state index in [9.17, 15) is 39.3 Å². The van der Waals surface area contributed by atoms with Crippen molar-refractivity contribution in [3.63, 3.8) is 0 Å². The van der Waals surface area contributed by atoms with E-state index >= 15 is 0 Å². The van der Waals surface area contributed by atoms with E-state index in [1.54, 1.807) is 47.9 Å². The summed E-state index contributed by atoms with van der Waals surface area (Å²) in [7, 11) is 2.01. The van der Waals surface area contributed by atoms with E-state index in [1.807, 2.05) is 40.0 Å². The molecule has 5 aromatic rings. The van der Waals surface area contributed by atoms with E-state index in [1.165, 1.54) is 12.1 Å². The molecule has 9 rings (SSSR count). The number of amides is 2. The summed E-state index contributed by atoms with van der Waals surface area (Å²) in [6, 6.07) is 15.8. The predicted octanol–water partition coefficient (Wildman–Crippen LogP) is 5.69. The third-order valence-corrected chi connectivity index (χ3v) is 14.1. The number of primary amides is 1. The molecule has 1 atom stereocenters. The van der Waals surface area contributed by atoms with Gasteiger partial charge in [-0.15, -0.1) is 0 Å². The first-order valence-corrected chi connectivity index (χ1v) is 23.8. The second kappa shape index (κ2) is 20.0. The number of phenols is 3. The van der Waals surface area contributed by atoms with E-state index in [4.69, 9.17) is 25.6 Å². The molecular weight excluding hydrogens is 897 g/mol. The number of aromatic nitrogens is 2. The molecule has 4 aliphatic heterocycles. The first kappa shape index (κ1) is 49.1. The number of nitrogens with two attached hydrogens (primary N) is 1. The summed E-state index contributed by atoms with van der Waals surface area (Å²) in [4.78, 5) is 75.6. The van der Waals surface area contributed by atoms with Crippen molar-refractivity contribution >= 4 is 52.4 Å². The number of hydrogen-bond acceptors (Lipinski definition) is 15. The number of amidine groups is 1. The Labute approximate surface area is 405 Å². The monoisotopic (exact) mass is 956 g/mol. The van der Waals surface area contributed by atoms with Gasteiger partial charge < -0.3 is 49.7 Å². The summed E-state index contributed by atoms with van der Waals surface area (Å²) in [5, 5.41) is 39.9. The number of urea groups is 1. The summed E-state index contributed by atoms with van der Waals surface area (Å²) in [6.07, 6.45) is 3.07. The molecule has 2 saturated heterocycles. The van der Waals surface area contributed by atoms with Gasteiger partial charge in [0.25, 0.3) is 5.56 Å². The lowest BCUT2D eigenvalue weighted by atomic mass is 9.85. The zero-order valence-corrected chi connectivity index (χ0v) is 40.2. The van der Waals surface area contributed by atoms with Gasteiger partial charge in [-0.1, -0.05) is 27.7 Å². The number of carbonyl (C=O) groups excluding carboxylic acids is 4. The summed E-state index contributed by atoms with van der Waals surface area (Å²) in [6.45, 7) is 12.9. The molecule has 0 radical (unpaired) electrons. The van der Waals surface area contributed by atoms with Gasteiger partial charge in [-0.05, 0) is 117 Å². The van der Waals surface area contributed by atoms with Crippen LogP contribution in [-0.2, 0) is 49.0 Å². The number of aryl methyl sites for hydroxylation is 1. The second-order valence-corrected chi connectivity index (χ2v) is 18.6. The molecule has 368 valence electrons. The first-order valence-electron chi connectivity index (χ1n) is 23.8. The highest BCUT2D eigenvalue weighted by Crippen LogP contribution is 2.43. The Bertz CT molecular complexity index is 2940. The van der Waals surface area contributed by atoms with E-state index in [2.05, 4.69) is 14.7 Å². The number of aromatic hydroxyl groups is 3. The van der Waals surface area contributed by atoms with E-state index < -0.39 is 23.6 Å². The molecule has 1 unspecified atom stereocenters. The van der Waals surface area contributed by atoms with Gasteiger partial charge >= 0.3 is 18.0 Å². The Kier molecular flexibility index (Phi) is 14.0. The molecule has 0 bridgehead atoms. The number of piperazine rings is 1. The Balaban J connectivity index is 0.000000192. The number of carbonyl (C=O) groups is 4. The summed E-state index contributed by atoms with van der Waals surface area (Å²) >= 11 is 0. The van der Waals surface area contributed by atoms with Crippen LogP contribution in [0.4, 0.5) is 16.2 Å². The lowest BCUT2D eigenvalue weighted by Crippen LogP contribution is -2.49. The number of piperidine rings is 1. The average molecular weight is 957 g/mol. The van der Waals surface area contributed by atoms with E-state index in [0.29, 0.717) is 71.6 Å². The van der Waals surface area contributed by atoms with Crippen molar-refractivity contribution in [2.24, 2.45) is 11.7 Å². The number of esters is 2. The van der Waals surface area contributed by atoms with Crippen LogP contribution < -0.4 is 21.1 Å². The number of nitrogens with one attached hydrogen (secondary N) is 1. The van der Waals surface area contributed by atoms with Crippen LogP contribution in [0.2, 0.25) is 0 Å². The molecule has 2 fully saturated rings. The van der Waals surface area contributed by atoms with Gasteiger partial charge in [0, 0.05) is 54.4 Å². The number of anilines is 2. The van der Waals surface area contributed by atoms with Crippen LogP contribution in [0.3, 0.4) is 0 Å². The van der Waals surface area contributed by atoms with Crippen molar-refractivity contribution in [2.75, 3.05) is 62.7 Å². The van der Waals surface area contributed by atoms with Crippen molar-refractivity contribution in [1.82, 2.24) is 19.4 Å². The second-order valence-electron chi connectivity index (χ2n) is 18.6. The smallest absolute Gasteiger partial charge is 0.355 e. The molecule has 18 heteroatoms. The van der Waals surface area contributed by atoms with Gasteiger partial charge in [0.2, 0.25) is 5.60 Å². The predicted molar refractivity (Wildman–Crippen MR) is 264 cm³/mol. The fourth-order valence-electron chi connectivity index (χ4n) is 10.0. The van der Waals surface area contributed by atoms with Crippen molar-refractivity contribution < 1.29 is 44.0 Å². The standard InChI is InChI=1S/C29H31N3O6.C23H29N5O4/c1-4-18-19-12-17(33)6-7-23(19)30-25-20(18)14-32-24(25)13-22-21(26(32)34)15-37-28(36)29(22,5-2)38-27(35)16-8-10-31(3)11-9-16;1-15(2)18-13-19(21(31)14-20(18)30)22(24)28(23(25)32)17-5-3-16(4-6-17)27-9-7-26(8-10-27)11-12-29/h6-7,12-13,16,33H,4-5,8-11,14-15H2,1-3H3;3-6,12-15,24,30-31H,7-11H2,1-2H3,(H2,25,32). The molecule has 18 nitrogen and oxygen atoms in total. The maximum atomic E-state index is 13.8. The number of ether oxygens (including phenoxy) is 2. The minimum Gasteiger partial charge on any atom is -0.508 e. The Morgan fingerprint density at radius 1 is 0.957 bits per heavy atom. The molecule has 4 aliphatic rings. The number of benzene rings is 3. The van der Waals surface area contributed by atoms with Gasteiger partial charge in [-0.25, -0.2) is 19.5 Å². The van der Waals surface area contributed by atoms with Crippen molar-refractivity contribution in [1.29, 1.82) is 5.41 Å². The number of fused-ring (bicyclic) bond motifs is 5. The fourth-order valence-corrected chi connectivity index (χ4v) is 10.0. The Morgan fingerprint density at radius 2 is 1.66 bits per heavy atom. The number of cyclic esters (lactones) is 1. The van der Waals surface area contributed by atoms with Crippen LogP contribution in [0, 0.1) is 11.3 Å². The van der Waals surface area contributed by atoms with Crippen molar-refractivity contribution in [2.45, 2.75) is 78.0 Å². The molecule has 6 N–H and O–H groups in total. The quantitative estimate of drug-likeness (QED) is 0.0479. The van der Waals surface area contributed by atoms with Gasteiger partial charge in [-0.2, -0.15) is 0 Å². The number of aldehydes is 1. The molecule has 3 aromatic carbocycles. The number of rotatable bonds is 10. The normalized spacial score (nSPS) is 18.0. The third kappa shape index (κ3) is 9.15. The maximum absolute atomic E-state index is 13.8. The highest BCUT2D eigenvalue weighted by molar-refractivity contribution is 6.22. The first-order chi connectivity index (χ1) is 33.5. The van der Waals surface area contributed by atoms with Crippen LogP contribution in [0.5, 0.6) is 17.2 Å². The summed E-state index contributed by atoms with van der Waals surface area (Å²) in [5.74, 6) is -1.93. The number of likely N-dealkylation sites (tertiary alicyclic amines) is 1. The fraction of sp³-hybridized carbons (Fsp3) is 0.404. The van der Waals surface area contributed by atoms with Gasteiger partial charge in [0.05, 0.1) is 52.7 Å². The minimum absolute atomic E-state index is 0.0459. The molecule has 0 spiro atoms. The van der Waals surface area contributed by atoms with E-state index in [0.717, 1.165) is 72.7 Å². The maximum Gasteiger partial charge on any atom is 0.355 e. The van der Waals surface area contributed by atoms with E-state index in [-0.39, 0.29) is 59.1 Å². The van der Waals surface area contributed by atoms with Crippen LogP contribution in [0.1, 0.15) is 86.3 Å². The Morgan fingerprint density at radius 3 is 2.29 bits per heavy atom. The average Bonchev–Trinajstić information content (AvgIpc) is 3.71. The van der Waals surface area contributed by atoms with Gasteiger partial charge in [0.1, 0.15) is 36.0 Å². The number of hydrogen-bond donors (Lipinski definition) is 5. The highest BCUT2D eigenvalue weighted by atomic mass is 16.6. The zero-order valence-electron chi connectivity index (χ0n) is 40.2. The summed E-state index contributed by atoms with van der Waals surface area (Å²) < 4.78 is 13.2. The van der Waals surface area contributed by atoms with Gasteiger partial charge in [-0.3, -0.25) is 19.9 Å². The number of pyridine rings is 2. The molecule has 70 heavy (non-hydrogen) atoms. The zero-order chi connectivity index (χ0) is 50.2. The molecule has 2 aromatic heterocycles. The lowest BCUT2D eigenvalue weighted by Gasteiger charge is -2.37. The van der Waals surface area contributed by atoms with Crippen LogP contribution in [0.25, 0.3) is 22.3 Å².